The molecule has 1 aromatic rings. The fourth-order valence-electron chi connectivity index (χ4n) is 2.19. The second-order valence-corrected chi connectivity index (χ2v) is 7.15. The average molecular weight is 271 g/mol. The molecule has 1 saturated heterocycles. The van der Waals surface area contributed by atoms with Crippen LogP contribution in [-0.4, -0.2) is 26.0 Å². The molecule has 1 unspecified atom stereocenters. The van der Waals surface area contributed by atoms with E-state index in [-0.39, 0.29) is 17.6 Å². The van der Waals surface area contributed by atoms with Gasteiger partial charge in [-0.25, -0.2) is 12.8 Å². The molecule has 0 spiro atoms. The van der Waals surface area contributed by atoms with Crippen molar-refractivity contribution in [2.45, 2.75) is 32.4 Å². The van der Waals surface area contributed by atoms with Crippen LogP contribution in [0, 0.1) is 12.7 Å². The Bertz CT molecular complexity index is 528. The number of halogens is 1. The predicted octanol–water partition coefficient (Wildman–Crippen LogP) is 1.80. The number of rotatable bonds is 3. The minimum atomic E-state index is -2.89. The molecule has 1 N–H and O–H groups in total. The van der Waals surface area contributed by atoms with Gasteiger partial charge in [-0.1, -0.05) is 12.1 Å². The third kappa shape index (κ3) is 3.53. The van der Waals surface area contributed by atoms with Gasteiger partial charge in [0.2, 0.25) is 0 Å². The van der Waals surface area contributed by atoms with Crippen LogP contribution in [0.4, 0.5) is 4.39 Å². The molecule has 2 rings (SSSR count). The maximum Gasteiger partial charge on any atom is 0.151 e. The predicted molar refractivity (Wildman–Crippen MR) is 69.7 cm³/mol. The van der Waals surface area contributed by atoms with Gasteiger partial charge in [0.05, 0.1) is 11.5 Å². The first-order valence-electron chi connectivity index (χ1n) is 6.15. The SMILES string of the molecule is Cc1ccc(CNC2CCCS(=O)(=O)C2)cc1F. The Morgan fingerprint density at radius 2 is 2.22 bits per heavy atom. The zero-order valence-electron chi connectivity index (χ0n) is 10.4. The lowest BCUT2D eigenvalue weighted by Gasteiger charge is -2.23. The Balaban J connectivity index is 1.93. The summed E-state index contributed by atoms with van der Waals surface area (Å²) in [6.07, 6.45) is 1.58. The quantitative estimate of drug-likeness (QED) is 0.912. The van der Waals surface area contributed by atoms with Crippen LogP contribution in [0.2, 0.25) is 0 Å². The van der Waals surface area contributed by atoms with Crippen LogP contribution in [-0.2, 0) is 16.4 Å². The summed E-state index contributed by atoms with van der Waals surface area (Å²) in [7, 11) is -2.89. The summed E-state index contributed by atoms with van der Waals surface area (Å²) in [4.78, 5) is 0. The molecule has 0 aromatic heterocycles. The molecule has 1 atom stereocenters. The van der Waals surface area contributed by atoms with E-state index in [2.05, 4.69) is 5.32 Å². The smallest absolute Gasteiger partial charge is 0.151 e. The highest BCUT2D eigenvalue weighted by Gasteiger charge is 2.24. The van der Waals surface area contributed by atoms with Crippen LogP contribution < -0.4 is 5.32 Å². The minimum absolute atomic E-state index is 0.00638. The molecule has 18 heavy (non-hydrogen) atoms. The molecule has 1 aliphatic heterocycles. The van der Waals surface area contributed by atoms with Gasteiger partial charge in [-0.3, -0.25) is 0 Å². The number of benzene rings is 1. The highest BCUT2D eigenvalue weighted by atomic mass is 32.2. The normalized spacial score (nSPS) is 22.9. The molecule has 5 heteroatoms. The highest BCUT2D eigenvalue weighted by molar-refractivity contribution is 7.91. The standard InChI is InChI=1S/C13H18FNO2S/c1-10-4-5-11(7-13(10)14)8-15-12-3-2-6-18(16,17)9-12/h4-5,7,12,15H,2-3,6,8-9H2,1H3. The second-order valence-electron chi connectivity index (χ2n) is 4.92. The highest BCUT2D eigenvalue weighted by Crippen LogP contribution is 2.14. The number of sulfone groups is 1. The molecular formula is C13H18FNO2S. The topological polar surface area (TPSA) is 46.2 Å². The molecule has 3 nitrogen and oxygen atoms in total. The van der Waals surface area contributed by atoms with Crippen molar-refractivity contribution >= 4 is 9.84 Å². The molecule has 0 amide bonds. The van der Waals surface area contributed by atoms with Crippen LogP contribution in [0.5, 0.6) is 0 Å². The van der Waals surface area contributed by atoms with E-state index in [0.29, 0.717) is 24.3 Å². The Kier molecular flexibility index (Phi) is 4.02. The van der Waals surface area contributed by atoms with Crippen LogP contribution >= 0.6 is 0 Å². The monoisotopic (exact) mass is 271 g/mol. The summed E-state index contributed by atoms with van der Waals surface area (Å²) in [5.74, 6) is 0.275. The summed E-state index contributed by atoms with van der Waals surface area (Å²) in [5, 5.41) is 3.19. The molecule has 1 heterocycles. The third-order valence-electron chi connectivity index (χ3n) is 3.29. The Morgan fingerprint density at radius 3 is 2.89 bits per heavy atom. The molecule has 1 aromatic carbocycles. The van der Waals surface area contributed by atoms with Gasteiger partial charge in [0, 0.05) is 12.6 Å². The van der Waals surface area contributed by atoms with Gasteiger partial charge >= 0.3 is 0 Å². The van der Waals surface area contributed by atoms with Crippen LogP contribution in [0.3, 0.4) is 0 Å². The van der Waals surface area contributed by atoms with Crippen molar-refractivity contribution in [3.63, 3.8) is 0 Å². The largest absolute Gasteiger partial charge is 0.309 e. The van der Waals surface area contributed by atoms with E-state index in [9.17, 15) is 12.8 Å². The first-order valence-corrected chi connectivity index (χ1v) is 7.97. The van der Waals surface area contributed by atoms with Crippen LogP contribution in [0.25, 0.3) is 0 Å². The van der Waals surface area contributed by atoms with Gasteiger partial charge in [-0.05, 0) is 37.0 Å². The fraction of sp³-hybridized carbons (Fsp3) is 0.538. The van der Waals surface area contributed by atoms with E-state index in [1.54, 1.807) is 13.0 Å². The van der Waals surface area contributed by atoms with Crippen molar-refractivity contribution in [1.82, 2.24) is 5.32 Å². The average Bonchev–Trinajstić information content (AvgIpc) is 2.29. The zero-order chi connectivity index (χ0) is 13.2. The van der Waals surface area contributed by atoms with Crippen molar-refractivity contribution in [2.75, 3.05) is 11.5 Å². The molecule has 1 aliphatic rings. The van der Waals surface area contributed by atoms with Gasteiger partial charge in [0.25, 0.3) is 0 Å². The lowest BCUT2D eigenvalue weighted by Crippen LogP contribution is -2.39. The maximum atomic E-state index is 13.3. The third-order valence-corrected chi connectivity index (χ3v) is 5.12. The van der Waals surface area contributed by atoms with E-state index in [1.165, 1.54) is 6.07 Å². The first kappa shape index (κ1) is 13.5. The molecule has 0 aliphatic carbocycles. The summed E-state index contributed by atoms with van der Waals surface area (Å²) in [6, 6.07) is 5.10. The maximum absolute atomic E-state index is 13.3. The van der Waals surface area contributed by atoms with Gasteiger partial charge in [-0.2, -0.15) is 0 Å². The number of hydrogen-bond donors (Lipinski definition) is 1. The number of hydrogen-bond acceptors (Lipinski definition) is 3. The molecule has 0 saturated carbocycles. The molecule has 0 radical (unpaired) electrons. The summed E-state index contributed by atoms with van der Waals surface area (Å²) < 4.78 is 36.3. The first-order chi connectivity index (χ1) is 8.46. The van der Waals surface area contributed by atoms with Gasteiger partial charge in [0.15, 0.2) is 9.84 Å². The molecule has 100 valence electrons. The van der Waals surface area contributed by atoms with Crippen molar-refractivity contribution in [3.8, 4) is 0 Å². The van der Waals surface area contributed by atoms with Crippen molar-refractivity contribution in [3.05, 3.63) is 35.1 Å². The minimum Gasteiger partial charge on any atom is -0.309 e. The Labute approximate surface area is 107 Å². The molecule has 0 bridgehead atoms. The van der Waals surface area contributed by atoms with E-state index < -0.39 is 9.84 Å². The number of aryl methyl sites for hydroxylation is 1. The van der Waals surface area contributed by atoms with Gasteiger partial charge < -0.3 is 5.32 Å². The summed E-state index contributed by atoms with van der Waals surface area (Å²) in [6.45, 7) is 2.23. The van der Waals surface area contributed by atoms with Gasteiger partial charge in [-0.15, -0.1) is 0 Å². The zero-order valence-corrected chi connectivity index (χ0v) is 11.3. The second kappa shape index (κ2) is 5.36. The van der Waals surface area contributed by atoms with Crippen LogP contribution in [0.15, 0.2) is 18.2 Å². The fourth-order valence-corrected chi connectivity index (χ4v) is 3.86. The summed E-state index contributed by atoms with van der Waals surface area (Å²) >= 11 is 0. The van der Waals surface area contributed by atoms with Crippen LogP contribution in [0.1, 0.15) is 24.0 Å². The lowest BCUT2D eigenvalue weighted by molar-refractivity contribution is 0.479. The van der Waals surface area contributed by atoms with E-state index in [4.69, 9.17) is 0 Å². The Morgan fingerprint density at radius 1 is 1.44 bits per heavy atom. The number of nitrogens with one attached hydrogen (secondary N) is 1. The van der Waals surface area contributed by atoms with Crippen molar-refractivity contribution in [1.29, 1.82) is 0 Å². The van der Waals surface area contributed by atoms with E-state index in [1.807, 2.05) is 6.07 Å². The molecule has 1 fully saturated rings. The molecular weight excluding hydrogens is 253 g/mol. The van der Waals surface area contributed by atoms with E-state index >= 15 is 0 Å². The lowest BCUT2D eigenvalue weighted by atomic mass is 10.1. The van der Waals surface area contributed by atoms with E-state index in [0.717, 1.165) is 12.0 Å². The Hall–Kier alpha value is -0.940. The van der Waals surface area contributed by atoms with Crippen molar-refractivity contribution < 1.29 is 12.8 Å². The van der Waals surface area contributed by atoms with Crippen molar-refractivity contribution in [2.24, 2.45) is 0 Å². The van der Waals surface area contributed by atoms with Gasteiger partial charge in [0.1, 0.15) is 5.82 Å². The summed E-state index contributed by atoms with van der Waals surface area (Å²) in [5.41, 5.74) is 1.47.